The number of nitrogen functional groups attached to an aromatic ring is 1. The Morgan fingerprint density at radius 2 is 2.00 bits per heavy atom. The summed E-state index contributed by atoms with van der Waals surface area (Å²) in [5.74, 6) is 0.142. The molecule has 0 fully saturated rings. The zero-order chi connectivity index (χ0) is 11.6. The molecular weight excluding hydrogens is 234 g/mol. The molecule has 0 amide bonds. The highest BCUT2D eigenvalue weighted by Crippen LogP contribution is 2.25. The topological polar surface area (TPSA) is 60.2 Å². The third kappa shape index (κ3) is 3.11. The minimum absolute atomic E-state index is 0.0625. The van der Waals surface area contributed by atoms with E-state index in [9.17, 15) is 8.42 Å². The van der Waals surface area contributed by atoms with E-state index in [0.717, 1.165) is 0 Å². The smallest absolute Gasteiger partial charge is 0.180 e. The molecule has 0 aliphatic carbocycles. The second-order valence-electron chi connectivity index (χ2n) is 3.87. The van der Waals surface area contributed by atoms with E-state index in [1.807, 2.05) is 13.8 Å². The molecule has 3 nitrogen and oxygen atoms in total. The molecule has 0 saturated carbocycles. The summed E-state index contributed by atoms with van der Waals surface area (Å²) >= 11 is 5.83. The third-order valence-corrected chi connectivity index (χ3v) is 4.40. The average molecular weight is 248 g/mol. The van der Waals surface area contributed by atoms with Crippen LogP contribution < -0.4 is 5.73 Å². The number of anilines is 1. The lowest BCUT2D eigenvalue weighted by atomic mass is 10.3. The van der Waals surface area contributed by atoms with Crippen LogP contribution in [0.2, 0.25) is 5.02 Å². The highest BCUT2D eigenvalue weighted by atomic mass is 35.5. The Hall–Kier alpha value is -0.740. The molecule has 0 aliphatic rings. The van der Waals surface area contributed by atoms with Crippen molar-refractivity contribution in [1.82, 2.24) is 0 Å². The van der Waals surface area contributed by atoms with Gasteiger partial charge in [-0.15, -0.1) is 0 Å². The van der Waals surface area contributed by atoms with Crippen molar-refractivity contribution < 1.29 is 8.42 Å². The van der Waals surface area contributed by atoms with Crippen molar-refractivity contribution in [2.75, 3.05) is 11.5 Å². The number of hydrogen-bond donors (Lipinski definition) is 1. The summed E-state index contributed by atoms with van der Waals surface area (Å²) < 4.78 is 23.8. The van der Waals surface area contributed by atoms with Crippen molar-refractivity contribution in [2.24, 2.45) is 5.92 Å². The Morgan fingerprint density at radius 1 is 1.40 bits per heavy atom. The fraction of sp³-hybridized carbons (Fsp3) is 0.400. The summed E-state index contributed by atoms with van der Waals surface area (Å²) in [5, 5.41) is 0.227. The monoisotopic (exact) mass is 247 g/mol. The largest absolute Gasteiger partial charge is 0.399 e. The molecule has 0 aliphatic heterocycles. The van der Waals surface area contributed by atoms with Gasteiger partial charge in [0.05, 0.1) is 15.7 Å². The molecule has 84 valence electrons. The van der Waals surface area contributed by atoms with Gasteiger partial charge in [-0.25, -0.2) is 8.42 Å². The van der Waals surface area contributed by atoms with E-state index in [4.69, 9.17) is 17.3 Å². The zero-order valence-corrected chi connectivity index (χ0v) is 10.3. The van der Waals surface area contributed by atoms with Gasteiger partial charge in [0.2, 0.25) is 0 Å². The summed E-state index contributed by atoms with van der Waals surface area (Å²) in [6.45, 7) is 3.69. The molecule has 0 radical (unpaired) electrons. The minimum Gasteiger partial charge on any atom is -0.399 e. The molecular formula is C10H14ClNO2S. The van der Waals surface area contributed by atoms with E-state index in [-0.39, 0.29) is 21.6 Å². The van der Waals surface area contributed by atoms with Crippen LogP contribution in [0.1, 0.15) is 13.8 Å². The van der Waals surface area contributed by atoms with Crippen LogP contribution in [-0.4, -0.2) is 14.2 Å². The molecule has 0 heterocycles. The van der Waals surface area contributed by atoms with E-state index < -0.39 is 9.84 Å². The molecule has 0 saturated heterocycles. The van der Waals surface area contributed by atoms with Crippen LogP contribution in [0.5, 0.6) is 0 Å². The predicted molar refractivity (Wildman–Crippen MR) is 62.8 cm³/mol. The van der Waals surface area contributed by atoms with Crippen LogP contribution in [-0.2, 0) is 9.84 Å². The number of rotatable bonds is 3. The van der Waals surface area contributed by atoms with Crippen LogP contribution in [0.15, 0.2) is 23.1 Å². The van der Waals surface area contributed by atoms with Crippen LogP contribution in [0, 0.1) is 5.92 Å². The van der Waals surface area contributed by atoms with Gasteiger partial charge in [-0.1, -0.05) is 25.4 Å². The van der Waals surface area contributed by atoms with Gasteiger partial charge in [0.1, 0.15) is 0 Å². The van der Waals surface area contributed by atoms with Crippen LogP contribution in [0.3, 0.4) is 0 Å². The van der Waals surface area contributed by atoms with Gasteiger partial charge in [0.15, 0.2) is 9.84 Å². The number of hydrogen-bond acceptors (Lipinski definition) is 3. The van der Waals surface area contributed by atoms with Crippen molar-refractivity contribution in [3.05, 3.63) is 23.2 Å². The van der Waals surface area contributed by atoms with Crippen molar-refractivity contribution >= 4 is 27.1 Å². The van der Waals surface area contributed by atoms with E-state index in [1.165, 1.54) is 12.1 Å². The fourth-order valence-corrected chi connectivity index (χ4v) is 3.50. The lowest BCUT2D eigenvalue weighted by Crippen LogP contribution is -2.12. The molecule has 1 aromatic rings. The van der Waals surface area contributed by atoms with Crippen LogP contribution >= 0.6 is 11.6 Å². The molecule has 1 aromatic carbocycles. The molecule has 0 spiro atoms. The second kappa shape index (κ2) is 4.41. The Labute approximate surface area is 95.2 Å². The first-order chi connectivity index (χ1) is 6.83. The van der Waals surface area contributed by atoms with E-state index in [2.05, 4.69) is 0 Å². The van der Waals surface area contributed by atoms with Gasteiger partial charge in [0.25, 0.3) is 0 Å². The van der Waals surface area contributed by atoms with Crippen molar-refractivity contribution in [3.63, 3.8) is 0 Å². The van der Waals surface area contributed by atoms with Gasteiger partial charge < -0.3 is 5.73 Å². The van der Waals surface area contributed by atoms with Crippen molar-refractivity contribution in [2.45, 2.75) is 18.7 Å². The zero-order valence-electron chi connectivity index (χ0n) is 8.70. The molecule has 0 aromatic heterocycles. The maximum absolute atomic E-state index is 11.9. The predicted octanol–water partition coefficient (Wildman–Crippen LogP) is 2.35. The molecule has 0 unspecified atom stereocenters. The summed E-state index contributed by atoms with van der Waals surface area (Å²) in [6, 6.07) is 4.49. The lowest BCUT2D eigenvalue weighted by molar-refractivity contribution is 0.582. The minimum atomic E-state index is -3.32. The Bertz CT molecular complexity index is 454. The Morgan fingerprint density at radius 3 is 2.53 bits per heavy atom. The summed E-state index contributed by atoms with van der Waals surface area (Å²) in [7, 11) is -3.32. The Kier molecular flexibility index (Phi) is 3.62. The fourth-order valence-electron chi connectivity index (χ4n) is 1.29. The summed E-state index contributed by atoms with van der Waals surface area (Å²) in [6.07, 6.45) is 0. The van der Waals surface area contributed by atoms with Gasteiger partial charge >= 0.3 is 0 Å². The highest BCUT2D eigenvalue weighted by Gasteiger charge is 2.19. The van der Waals surface area contributed by atoms with Crippen LogP contribution in [0.25, 0.3) is 0 Å². The molecule has 5 heteroatoms. The maximum atomic E-state index is 11.9. The van der Waals surface area contributed by atoms with E-state index in [1.54, 1.807) is 6.07 Å². The molecule has 15 heavy (non-hydrogen) atoms. The van der Waals surface area contributed by atoms with E-state index in [0.29, 0.717) is 5.69 Å². The van der Waals surface area contributed by atoms with E-state index >= 15 is 0 Å². The van der Waals surface area contributed by atoms with Gasteiger partial charge in [-0.2, -0.15) is 0 Å². The third-order valence-electron chi connectivity index (χ3n) is 1.84. The number of halogens is 1. The van der Waals surface area contributed by atoms with Crippen molar-refractivity contribution in [3.8, 4) is 0 Å². The van der Waals surface area contributed by atoms with Gasteiger partial charge in [0, 0.05) is 5.69 Å². The summed E-state index contributed by atoms with van der Waals surface area (Å²) in [4.78, 5) is 0.123. The van der Waals surface area contributed by atoms with Gasteiger partial charge in [-0.05, 0) is 24.1 Å². The standard InChI is InChI=1S/C10H14ClNO2S/c1-7(2)6-15(13,14)10-5-8(12)3-4-9(10)11/h3-5,7H,6,12H2,1-2H3. The van der Waals surface area contributed by atoms with Crippen LogP contribution in [0.4, 0.5) is 5.69 Å². The normalized spacial score (nSPS) is 12.0. The molecule has 0 atom stereocenters. The number of sulfone groups is 1. The quantitative estimate of drug-likeness (QED) is 0.834. The maximum Gasteiger partial charge on any atom is 0.180 e. The Balaban J connectivity index is 3.21. The SMILES string of the molecule is CC(C)CS(=O)(=O)c1cc(N)ccc1Cl. The lowest BCUT2D eigenvalue weighted by Gasteiger charge is -2.09. The highest BCUT2D eigenvalue weighted by molar-refractivity contribution is 7.91. The first kappa shape index (κ1) is 12.3. The number of nitrogens with two attached hydrogens (primary N) is 1. The first-order valence-corrected chi connectivity index (χ1v) is 6.64. The van der Waals surface area contributed by atoms with Gasteiger partial charge in [-0.3, -0.25) is 0 Å². The average Bonchev–Trinajstić information content (AvgIpc) is 2.06. The molecule has 0 bridgehead atoms. The molecule has 2 N–H and O–H groups in total. The van der Waals surface area contributed by atoms with Crippen molar-refractivity contribution in [1.29, 1.82) is 0 Å². The number of benzene rings is 1. The summed E-state index contributed by atoms with van der Waals surface area (Å²) in [5.41, 5.74) is 5.94. The second-order valence-corrected chi connectivity index (χ2v) is 6.27. The first-order valence-electron chi connectivity index (χ1n) is 4.60. The molecule has 1 rings (SSSR count).